The van der Waals surface area contributed by atoms with Gasteiger partial charge in [-0.3, -0.25) is 0 Å². The molecule has 0 radical (unpaired) electrons. The van der Waals surface area contributed by atoms with Gasteiger partial charge in [0.2, 0.25) is 4.34 Å². The third kappa shape index (κ3) is 1.96. The zero-order valence-corrected chi connectivity index (χ0v) is 7.29. The molecule has 0 saturated carbocycles. The Kier molecular flexibility index (Phi) is 2.40. The second-order valence-corrected chi connectivity index (χ2v) is 4.64. The quantitative estimate of drug-likeness (QED) is 0.777. The van der Waals surface area contributed by atoms with E-state index < -0.39 is 22.0 Å². The zero-order valence-electron chi connectivity index (χ0n) is 5.66. The normalized spacial score (nSPS) is 16.3. The van der Waals surface area contributed by atoms with Crippen molar-refractivity contribution < 1.29 is 13.0 Å². The Morgan fingerprint density at radius 1 is 1.75 bits per heavy atom. The molecular weight excluding hydrogens is 208 g/mol. The van der Waals surface area contributed by atoms with Crippen molar-refractivity contribution in [1.29, 1.82) is 4.78 Å². The number of nitrogens with two attached hydrogens (primary N) is 1. The molecule has 1 aromatic heterocycles. The predicted octanol–water partition coefficient (Wildman–Crippen LogP) is 1.36. The number of nitrogens with one attached hydrogen (secondary N) is 1. The largest absolute Gasteiger partial charge is 0.281 e. The van der Waals surface area contributed by atoms with Crippen molar-refractivity contribution in [2.75, 3.05) is 0 Å². The Morgan fingerprint density at radius 2 is 2.33 bits per heavy atom. The van der Waals surface area contributed by atoms with Gasteiger partial charge >= 0.3 is 0 Å². The molecule has 1 aromatic rings. The molecule has 1 unspecified atom stereocenters. The second-order valence-electron chi connectivity index (χ2n) is 1.94. The topological polar surface area (TPSA) is 79.8 Å². The van der Waals surface area contributed by atoms with Crippen LogP contribution in [0.5, 0.6) is 0 Å². The smallest absolute Gasteiger partial charge is 0.239 e. The lowest BCUT2D eigenvalue weighted by Crippen LogP contribution is -2.09. The maximum absolute atomic E-state index is 11.9. The van der Waals surface area contributed by atoms with E-state index in [1.165, 1.54) is 0 Å². The van der Waals surface area contributed by atoms with Crippen LogP contribution in [0.2, 0.25) is 0 Å². The molecule has 0 aliphatic heterocycles. The van der Waals surface area contributed by atoms with Crippen LogP contribution in [0, 0.1) is 4.78 Å². The van der Waals surface area contributed by atoms with Crippen LogP contribution < -0.4 is 5.14 Å². The van der Waals surface area contributed by atoms with Gasteiger partial charge < -0.3 is 0 Å². The second kappa shape index (κ2) is 3.04. The van der Waals surface area contributed by atoms with E-state index in [4.69, 9.17) is 9.92 Å². The fourth-order valence-corrected chi connectivity index (χ4v) is 2.00. The van der Waals surface area contributed by atoms with Gasteiger partial charge in [-0.1, -0.05) is 0 Å². The summed E-state index contributed by atoms with van der Waals surface area (Å²) in [6.45, 7) is 0. The van der Waals surface area contributed by atoms with Crippen molar-refractivity contribution in [2.24, 2.45) is 5.14 Å². The van der Waals surface area contributed by atoms with E-state index in [2.05, 4.69) is 4.98 Å². The third-order valence-electron chi connectivity index (χ3n) is 0.984. The summed E-state index contributed by atoms with van der Waals surface area (Å²) in [7, 11) is -3.44. The number of nitrogens with zero attached hydrogens (tertiary/aromatic N) is 1. The van der Waals surface area contributed by atoms with Gasteiger partial charge in [0.15, 0.2) is 9.92 Å². The molecule has 1 heterocycles. The average molecular weight is 213 g/mol. The lowest BCUT2D eigenvalue weighted by atomic mass is 10.5. The van der Waals surface area contributed by atoms with Gasteiger partial charge in [-0.05, 0) is 0 Å². The number of rotatable bonds is 2. The molecule has 1 atom stereocenters. The highest BCUT2D eigenvalue weighted by molar-refractivity contribution is 7.92. The molecule has 0 amide bonds. The van der Waals surface area contributed by atoms with Gasteiger partial charge in [-0.2, -0.15) is 0 Å². The van der Waals surface area contributed by atoms with Gasteiger partial charge in [0.05, 0.1) is 0 Å². The standard InChI is InChI=1S/C4H5F2N3OS2/c5-3(6)2-1-11-4(9-2)12(7,8)10/h1,3H,(H3,7,8,10). The summed E-state index contributed by atoms with van der Waals surface area (Å²) < 4.78 is 41.2. The third-order valence-corrected chi connectivity index (χ3v) is 3.28. The number of hydrogen-bond donors (Lipinski definition) is 2. The number of thiazole rings is 1. The lowest BCUT2D eigenvalue weighted by molar-refractivity contribution is 0.146. The van der Waals surface area contributed by atoms with Gasteiger partial charge in [-0.15, -0.1) is 11.3 Å². The van der Waals surface area contributed by atoms with E-state index >= 15 is 0 Å². The minimum Gasteiger partial charge on any atom is -0.239 e. The molecular formula is C4H5F2N3OS2. The highest BCUT2D eigenvalue weighted by atomic mass is 32.2. The predicted molar refractivity (Wildman–Crippen MR) is 40.4 cm³/mol. The number of hydrogen-bond acceptors (Lipinski definition) is 4. The molecule has 0 fully saturated rings. The highest BCUT2D eigenvalue weighted by Gasteiger charge is 2.15. The number of aromatic nitrogens is 1. The van der Waals surface area contributed by atoms with E-state index in [9.17, 15) is 13.0 Å². The summed E-state index contributed by atoms with van der Waals surface area (Å²) in [4.78, 5) is 3.26. The first-order valence-electron chi connectivity index (χ1n) is 2.71. The van der Waals surface area contributed by atoms with Crippen LogP contribution in [-0.4, -0.2) is 9.19 Å². The molecule has 68 valence electrons. The van der Waals surface area contributed by atoms with Crippen LogP contribution in [0.15, 0.2) is 9.72 Å². The van der Waals surface area contributed by atoms with Crippen molar-refractivity contribution in [1.82, 2.24) is 4.98 Å². The van der Waals surface area contributed by atoms with Crippen molar-refractivity contribution >= 4 is 21.3 Å². The Balaban J connectivity index is 3.09. The van der Waals surface area contributed by atoms with E-state index in [-0.39, 0.29) is 4.34 Å². The Labute approximate surface area is 71.5 Å². The number of alkyl halides is 2. The number of halogens is 2. The summed E-state index contributed by atoms with van der Waals surface area (Å²) in [5, 5.41) is 5.91. The molecule has 0 bridgehead atoms. The van der Waals surface area contributed by atoms with Gasteiger partial charge in [0, 0.05) is 5.38 Å². The van der Waals surface area contributed by atoms with Crippen molar-refractivity contribution in [3.05, 3.63) is 11.1 Å². The summed E-state index contributed by atoms with van der Waals surface area (Å²) in [5.41, 5.74) is -0.486. The molecule has 12 heavy (non-hydrogen) atoms. The van der Waals surface area contributed by atoms with Gasteiger partial charge in [0.25, 0.3) is 6.43 Å². The molecule has 0 aliphatic carbocycles. The first-order chi connectivity index (χ1) is 5.41. The molecule has 3 N–H and O–H groups in total. The van der Waals surface area contributed by atoms with Crippen molar-refractivity contribution in [3.8, 4) is 0 Å². The van der Waals surface area contributed by atoms with Crippen LogP contribution >= 0.6 is 11.3 Å². The minimum absolute atomic E-state index is 0.266. The highest BCUT2D eigenvalue weighted by Crippen LogP contribution is 2.22. The van der Waals surface area contributed by atoms with E-state index in [1.807, 2.05) is 0 Å². The average Bonchev–Trinajstić information content (AvgIpc) is 2.30. The van der Waals surface area contributed by atoms with Crippen LogP contribution in [0.25, 0.3) is 0 Å². The summed E-state index contributed by atoms with van der Waals surface area (Å²) in [6.07, 6.45) is -2.71. The molecule has 0 aromatic carbocycles. The fourth-order valence-electron chi connectivity index (χ4n) is 0.508. The Hall–Kier alpha value is -0.600. The van der Waals surface area contributed by atoms with Crippen molar-refractivity contribution in [3.63, 3.8) is 0 Å². The van der Waals surface area contributed by atoms with Crippen LogP contribution in [-0.2, 0) is 9.92 Å². The minimum atomic E-state index is -3.44. The fraction of sp³-hybridized carbons (Fsp3) is 0.250. The van der Waals surface area contributed by atoms with Gasteiger partial charge in [0.1, 0.15) is 5.69 Å². The van der Waals surface area contributed by atoms with E-state index in [0.717, 1.165) is 5.38 Å². The van der Waals surface area contributed by atoms with Crippen LogP contribution in [0.3, 0.4) is 0 Å². The van der Waals surface area contributed by atoms with Crippen molar-refractivity contribution in [2.45, 2.75) is 10.8 Å². The summed E-state index contributed by atoms with van der Waals surface area (Å²) in [5.74, 6) is 0. The zero-order chi connectivity index (χ0) is 9.35. The molecule has 0 aliphatic rings. The monoisotopic (exact) mass is 213 g/mol. The SMILES string of the molecule is N=S(N)(=O)c1nc(C(F)F)cs1. The molecule has 4 nitrogen and oxygen atoms in total. The molecule has 0 spiro atoms. The van der Waals surface area contributed by atoms with E-state index in [1.54, 1.807) is 0 Å². The maximum atomic E-state index is 11.9. The molecule has 0 saturated heterocycles. The Bertz CT molecular complexity index is 371. The first kappa shape index (κ1) is 9.49. The lowest BCUT2D eigenvalue weighted by Gasteiger charge is -1.92. The van der Waals surface area contributed by atoms with Crippen LogP contribution in [0.1, 0.15) is 12.1 Å². The van der Waals surface area contributed by atoms with E-state index in [0.29, 0.717) is 11.3 Å². The summed E-state index contributed by atoms with van der Waals surface area (Å²) >= 11 is 0.706. The summed E-state index contributed by atoms with van der Waals surface area (Å²) in [6, 6.07) is 0. The van der Waals surface area contributed by atoms with Gasteiger partial charge in [-0.25, -0.2) is 27.9 Å². The van der Waals surface area contributed by atoms with Crippen LogP contribution in [0.4, 0.5) is 8.78 Å². The first-order valence-corrected chi connectivity index (χ1v) is 5.21. The maximum Gasteiger partial charge on any atom is 0.281 e. The molecule has 8 heteroatoms. The molecule has 1 rings (SSSR count). The Morgan fingerprint density at radius 3 is 2.58 bits per heavy atom.